The Morgan fingerprint density at radius 3 is 1.90 bits per heavy atom. The van der Waals surface area contributed by atoms with E-state index in [1.807, 2.05) is 20.8 Å². The van der Waals surface area contributed by atoms with Crippen LogP contribution in [0.5, 0.6) is 0 Å². The number of hydrogen-bond acceptors (Lipinski definition) is 3. The van der Waals surface area contributed by atoms with Crippen LogP contribution in [0.4, 0.5) is 0 Å². The SMILES string of the molecule is CN(CCCNC(=O)C(C)(C)C)CCCNC(C)(C)C. The third kappa shape index (κ3) is 11.2. The molecule has 4 nitrogen and oxygen atoms in total. The molecule has 0 fully saturated rings. The van der Waals surface area contributed by atoms with Gasteiger partial charge in [0.15, 0.2) is 0 Å². The molecule has 2 N–H and O–H groups in total. The summed E-state index contributed by atoms with van der Waals surface area (Å²) in [5.74, 6) is 0.134. The van der Waals surface area contributed by atoms with Gasteiger partial charge in [-0.3, -0.25) is 4.79 Å². The lowest BCUT2D eigenvalue weighted by Crippen LogP contribution is -2.38. The highest BCUT2D eigenvalue weighted by molar-refractivity contribution is 5.81. The van der Waals surface area contributed by atoms with E-state index in [2.05, 4.69) is 43.4 Å². The monoisotopic (exact) mass is 285 g/mol. The minimum Gasteiger partial charge on any atom is -0.356 e. The van der Waals surface area contributed by atoms with Gasteiger partial charge in [-0.25, -0.2) is 0 Å². The number of nitrogens with zero attached hydrogens (tertiary/aromatic N) is 1. The van der Waals surface area contributed by atoms with Gasteiger partial charge in [-0.15, -0.1) is 0 Å². The van der Waals surface area contributed by atoms with Gasteiger partial charge >= 0.3 is 0 Å². The number of rotatable bonds is 8. The average Bonchev–Trinajstić information content (AvgIpc) is 2.27. The highest BCUT2D eigenvalue weighted by atomic mass is 16.2. The lowest BCUT2D eigenvalue weighted by atomic mass is 9.96. The van der Waals surface area contributed by atoms with Crippen molar-refractivity contribution in [1.29, 1.82) is 0 Å². The van der Waals surface area contributed by atoms with Crippen LogP contribution in [0.1, 0.15) is 54.4 Å². The zero-order chi connectivity index (χ0) is 15.8. The molecule has 0 saturated heterocycles. The molecule has 0 rings (SSSR count). The molecule has 0 radical (unpaired) electrons. The maximum Gasteiger partial charge on any atom is 0.225 e. The molecule has 0 heterocycles. The second kappa shape index (κ2) is 8.63. The van der Waals surface area contributed by atoms with Gasteiger partial charge in [0.1, 0.15) is 0 Å². The Hall–Kier alpha value is -0.610. The highest BCUT2D eigenvalue weighted by Crippen LogP contribution is 2.12. The minimum atomic E-state index is -0.287. The van der Waals surface area contributed by atoms with Crippen molar-refractivity contribution < 1.29 is 4.79 Å². The van der Waals surface area contributed by atoms with Crippen LogP contribution < -0.4 is 10.6 Å². The fraction of sp³-hybridized carbons (Fsp3) is 0.938. The van der Waals surface area contributed by atoms with Gasteiger partial charge in [0, 0.05) is 17.5 Å². The van der Waals surface area contributed by atoms with E-state index in [9.17, 15) is 4.79 Å². The van der Waals surface area contributed by atoms with Crippen LogP contribution in [-0.4, -0.2) is 49.6 Å². The van der Waals surface area contributed by atoms with Crippen molar-refractivity contribution in [2.45, 2.75) is 59.9 Å². The number of carbonyl (C=O) groups is 1. The largest absolute Gasteiger partial charge is 0.356 e. The van der Waals surface area contributed by atoms with Crippen LogP contribution in [0.15, 0.2) is 0 Å². The molecule has 0 bridgehead atoms. The molecule has 120 valence electrons. The third-order valence-electron chi connectivity index (χ3n) is 3.06. The number of amides is 1. The standard InChI is InChI=1S/C16H35N3O/c1-15(2,3)14(20)17-10-8-12-19(7)13-9-11-18-16(4,5)6/h18H,8-13H2,1-7H3,(H,17,20). The number of nitrogens with one attached hydrogen (secondary N) is 2. The van der Waals surface area contributed by atoms with Gasteiger partial charge in [-0.2, -0.15) is 0 Å². The van der Waals surface area contributed by atoms with Crippen LogP contribution >= 0.6 is 0 Å². The molecule has 4 heteroatoms. The van der Waals surface area contributed by atoms with Crippen LogP contribution in [0.2, 0.25) is 0 Å². The Morgan fingerprint density at radius 2 is 1.45 bits per heavy atom. The summed E-state index contributed by atoms with van der Waals surface area (Å²) in [6.07, 6.45) is 2.16. The van der Waals surface area contributed by atoms with Crippen LogP contribution in [-0.2, 0) is 4.79 Å². The first-order valence-electron chi connectivity index (χ1n) is 7.74. The van der Waals surface area contributed by atoms with Crippen molar-refractivity contribution in [3.63, 3.8) is 0 Å². The second-order valence-electron chi connectivity index (χ2n) is 7.69. The van der Waals surface area contributed by atoms with E-state index in [0.717, 1.165) is 39.0 Å². The zero-order valence-electron chi connectivity index (χ0n) is 14.6. The summed E-state index contributed by atoms with van der Waals surface area (Å²) in [5.41, 5.74) is -0.0830. The first-order valence-corrected chi connectivity index (χ1v) is 7.74. The van der Waals surface area contributed by atoms with E-state index in [0.29, 0.717) is 0 Å². The minimum absolute atomic E-state index is 0.134. The molecule has 0 spiro atoms. The molecule has 0 aliphatic carbocycles. The molecule has 20 heavy (non-hydrogen) atoms. The van der Waals surface area contributed by atoms with Gasteiger partial charge in [-0.05, 0) is 60.3 Å². The molecule has 0 saturated carbocycles. The molecule has 0 aromatic rings. The molecule has 1 amide bonds. The Kier molecular flexibility index (Phi) is 8.36. The van der Waals surface area contributed by atoms with Crippen LogP contribution in [0.3, 0.4) is 0 Å². The molecule has 0 aliphatic rings. The van der Waals surface area contributed by atoms with Crippen molar-refractivity contribution in [3.8, 4) is 0 Å². The zero-order valence-corrected chi connectivity index (χ0v) is 14.6. The maximum absolute atomic E-state index is 11.7. The van der Waals surface area contributed by atoms with E-state index < -0.39 is 0 Å². The fourth-order valence-electron chi connectivity index (χ4n) is 1.74. The predicted molar refractivity (Wildman–Crippen MR) is 87.0 cm³/mol. The van der Waals surface area contributed by atoms with E-state index >= 15 is 0 Å². The Bertz CT molecular complexity index is 276. The molecule has 0 aromatic carbocycles. The van der Waals surface area contributed by atoms with Crippen molar-refractivity contribution >= 4 is 5.91 Å². The Morgan fingerprint density at radius 1 is 0.950 bits per heavy atom. The van der Waals surface area contributed by atoms with Crippen LogP contribution in [0.25, 0.3) is 0 Å². The normalized spacial score (nSPS) is 12.8. The Labute approximate surface area is 125 Å². The van der Waals surface area contributed by atoms with Gasteiger partial charge < -0.3 is 15.5 Å². The summed E-state index contributed by atoms with van der Waals surface area (Å²) in [6, 6.07) is 0. The number of hydrogen-bond donors (Lipinski definition) is 2. The van der Waals surface area contributed by atoms with E-state index in [1.165, 1.54) is 0 Å². The van der Waals surface area contributed by atoms with Gasteiger partial charge in [0.25, 0.3) is 0 Å². The fourth-order valence-corrected chi connectivity index (χ4v) is 1.74. The topological polar surface area (TPSA) is 44.4 Å². The van der Waals surface area contributed by atoms with E-state index in [4.69, 9.17) is 0 Å². The summed E-state index contributed by atoms with van der Waals surface area (Å²) in [7, 11) is 2.14. The van der Waals surface area contributed by atoms with Crippen LogP contribution in [0, 0.1) is 5.41 Å². The predicted octanol–water partition coefficient (Wildman–Crippen LogP) is 2.25. The summed E-state index contributed by atoms with van der Waals surface area (Å²) in [5, 5.41) is 6.48. The smallest absolute Gasteiger partial charge is 0.225 e. The first-order chi connectivity index (χ1) is 9.02. The summed E-state index contributed by atoms with van der Waals surface area (Å²) in [6.45, 7) is 16.3. The molecule has 0 atom stereocenters. The summed E-state index contributed by atoms with van der Waals surface area (Å²) >= 11 is 0. The van der Waals surface area contributed by atoms with Crippen molar-refractivity contribution in [2.24, 2.45) is 5.41 Å². The summed E-state index contributed by atoms with van der Waals surface area (Å²) in [4.78, 5) is 14.0. The first kappa shape index (κ1) is 19.4. The summed E-state index contributed by atoms with van der Waals surface area (Å²) < 4.78 is 0. The van der Waals surface area contributed by atoms with Crippen molar-refractivity contribution in [1.82, 2.24) is 15.5 Å². The highest BCUT2D eigenvalue weighted by Gasteiger charge is 2.20. The average molecular weight is 285 g/mol. The van der Waals surface area contributed by atoms with Gasteiger partial charge in [0.2, 0.25) is 5.91 Å². The van der Waals surface area contributed by atoms with Gasteiger partial charge in [-0.1, -0.05) is 20.8 Å². The maximum atomic E-state index is 11.7. The van der Waals surface area contributed by atoms with E-state index in [1.54, 1.807) is 0 Å². The molecular weight excluding hydrogens is 250 g/mol. The molecular formula is C16H35N3O. The lowest BCUT2D eigenvalue weighted by molar-refractivity contribution is -0.128. The molecule has 0 unspecified atom stereocenters. The quantitative estimate of drug-likeness (QED) is 0.672. The third-order valence-corrected chi connectivity index (χ3v) is 3.06. The Balaban J connectivity index is 3.55. The molecule has 0 aliphatic heterocycles. The van der Waals surface area contributed by atoms with E-state index in [-0.39, 0.29) is 16.9 Å². The lowest BCUT2D eigenvalue weighted by Gasteiger charge is -2.22. The number of carbonyl (C=O) groups excluding carboxylic acids is 1. The second-order valence-corrected chi connectivity index (χ2v) is 7.69. The van der Waals surface area contributed by atoms with Crippen molar-refractivity contribution in [2.75, 3.05) is 33.2 Å². The van der Waals surface area contributed by atoms with Gasteiger partial charge in [0.05, 0.1) is 0 Å². The molecule has 0 aromatic heterocycles. The van der Waals surface area contributed by atoms with Crippen molar-refractivity contribution in [3.05, 3.63) is 0 Å².